The van der Waals surface area contributed by atoms with Crippen LogP contribution in [0, 0.1) is 6.92 Å². The van der Waals surface area contributed by atoms with Gasteiger partial charge in [0.1, 0.15) is 0 Å². The molecule has 1 fully saturated rings. The molecule has 0 unspecified atom stereocenters. The van der Waals surface area contributed by atoms with E-state index in [1.165, 1.54) is 49.2 Å². The van der Waals surface area contributed by atoms with Crippen molar-refractivity contribution in [3.05, 3.63) is 53.9 Å². The second kappa shape index (κ2) is 6.61. The fourth-order valence-electron chi connectivity index (χ4n) is 2.86. The van der Waals surface area contributed by atoms with Crippen LogP contribution in [0.25, 0.3) is 0 Å². The SMILES string of the molecule is Cc1cncc(CNc2ccc(N3CCCCC3)cc2)c1. The third-order valence-electron chi connectivity index (χ3n) is 4.02. The van der Waals surface area contributed by atoms with Gasteiger partial charge >= 0.3 is 0 Å². The lowest BCUT2D eigenvalue weighted by Gasteiger charge is -2.28. The summed E-state index contributed by atoms with van der Waals surface area (Å²) in [4.78, 5) is 6.71. The summed E-state index contributed by atoms with van der Waals surface area (Å²) in [5.41, 5.74) is 4.93. The van der Waals surface area contributed by atoms with Crippen LogP contribution in [0.4, 0.5) is 11.4 Å². The maximum absolute atomic E-state index is 4.23. The number of nitrogens with zero attached hydrogens (tertiary/aromatic N) is 2. The van der Waals surface area contributed by atoms with Crippen molar-refractivity contribution < 1.29 is 0 Å². The molecular formula is C18H23N3. The summed E-state index contributed by atoms with van der Waals surface area (Å²) >= 11 is 0. The number of nitrogens with one attached hydrogen (secondary N) is 1. The number of rotatable bonds is 4. The molecule has 1 aliphatic rings. The van der Waals surface area contributed by atoms with E-state index in [1.54, 1.807) is 0 Å². The predicted molar refractivity (Wildman–Crippen MR) is 88.8 cm³/mol. The lowest BCUT2D eigenvalue weighted by molar-refractivity contribution is 0.578. The van der Waals surface area contributed by atoms with E-state index in [0.717, 1.165) is 12.2 Å². The van der Waals surface area contributed by atoms with Gasteiger partial charge < -0.3 is 10.2 Å². The topological polar surface area (TPSA) is 28.2 Å². The highest BCUT2D eigenvalue weighted by atomic mass is 15.1. The Morgan fingerprint density at radius 3 is 2.52 bits per heavy atom. The molecule has 0 radical (unpaired) electrons. The Balaban J connectivity index is 1.59. The van der Waals surface area contributed by atoms with Gasteiger partial charge in [0.05, 0.1) is 0 Å². The van der Waals surface area contributed by atoms with Gasteiger partial charge in [-0.2, -0.15) is 0 Å². The van der Waals surface area contributed by atoms with E-state index in [2.05, 4.69) is 52.5 Å². The zero-order valence-electron chi connectivity index (χ0n) is 12.7. The van der Waals surface area contributed by atoms with Gasteiger partial charge in [-0.25, -0.2) is 0 Å². The first-order valence-electron chi connectivity index (χ1n) is 7.81. The van der Waals surface area contributed by atoms with Gasteiger partial charge in [0.2, 0.25) is 0 Å². The minimum absolute atomic E-state index is 0.817. The van der Waals surface area contributed by atoms with Gasteiger partial charge in [-0.05, 0) is 61.6 Å². The largest absolute Gasteiger partial charge is 0.381 e. The molecule has 0 bridgehead atoms. The molecule has 3 nitrogen and oxygen atoms in total. The van der Waals surface area contributed by atoms with Gasteiger partial charge in [-0.15, -0.1) is 0 Å². The molecule has 1 aromatic carbocycles. The molecule has 1 saturated heterocycles. The van der Waals surface area contributed by atoms with Crippen molar-refractivity contribution >= 4 is 11.4 Å². The highest BCUT2D eigenvalue weighted by Crippen LogP contribution is 2.22. The first-order chi connectivity index (χ1) is 10.3. The molecular weight excluding hydrogens is 258 g/mol. The number of hydrogen-bond acceptors (Lipinski definition) is 3. The Labute approximate surface area is 127 Å². The number of piperidine rings is 1. The minimum Gasteiger partial charge on any atom is -0.381 e. The summed E-state index contributed by atoms with van der Waals surface area (Å²) in [6.45, 7) is 5.28. The van der Waals surface area contributed by atoms with Crippen LogP contribution in [-0.4, -0.2) is 18.1 Å². The fraction of sp³-hybridized carbons (Fsp3) is 0.389. The average Bonchev–Trinajstić information content (AvgIpc) is 2.54. The van der Waals surface area contributed by atoms with Crippen molar-refractivity contribution in [1.82, 2.24) is 4.98 Å². The summed E-state index contributed by atoms with van der Waals surface area (Å²) in [7, 11) is 0. The van der Waals surface area contributed by atoms with E-state index in [-0.39, 0.29) is 0 Å². The van der Waals surface area contributed by atoms with E-state index < -0.39 is 0 Å². The van der Waals surface area contributed by atoms with Crippen molar-refractivity contribution in [1.29, 1.82) is 0 Å². The average molecular weight is 281 g/mol. The van der Waals surface area contributed by atoms with Crippen LogP contribution < -0.4 is 10.2 Å². The van der Waals surface area contributed by atoms with Crippen molar-refractivity contribution in [3.8, 4) is 0 Å². The van der Waals surface area contributed by atoms with E-state index in [0.29, 0.717) is 0 Å². The van der Waals surface area contributed by atoms with Gasteiger partial charge in [0, 0.05) is 43.4 Å². The Morgan fingerprint density at radius 2 is 1.81 bits per heavy atom. The standard InChI is InChI=1S/C18H23N3/c1-15-11-16(13-19-12-15)14-20-17-5-7-18(8-6-17)21-9-3-2-4-10-21/h5-8,11-13,20H,2-4,9-10,14H2,1H3. The van der Waals surface area contributed by atoms with Gasteiger partial charge in [0.15, 0.2) is 0 Å². The minimum atomic E-state index is 0.817. The molecule has 1 aliphatic heterocycles. The van der Waals surface area contributed by atoms with Gasteiger partial charge in [0.25, 0.3) is 0 Å². The van der Waals surface area contributed by atoms with Crippen LogP contribution in [0.1, 0.15) is 30.4 Å². The lowest BCUT2D eigenvalue weighted by Crippen LogP contribution is -2.29. The van der Waals surface area contributed by atoms with Crippen LogP contribution in [-0.2, 0) is 6.54 Å². The van der Waals surface area contributed by atoms with Crippen LogP contribution in [0.3, 0.4) is 0 Å². The zero-order chi connectivity index (χ0) is 14.5. The Bertz CT molecular complexity index is 571. The molecule has 0 amide bonds. The normalized spacial score (nSPS) is 15.0. The molecule has 110 valence electrons. The summed E-state index contributed by atoms with van der Waals surface area (Å²) < 4.78 is 0. The maximum Gasteiger partial charge on any atom is 0.0416 e. The third-order valence-corrected chi connectivity index (χ3v) is 4.02. The second-order valence-corrected chi connectivity index (χ2v) is 5.82. The van der Waals surface area contributed by atoms with Crippen molar-refractivity contribution in [2.45, 2.75) is 32.7 Å². The van der Waals surface area contributed by atoms with E-state index in [1.807, 2.05) is 12.4 Å². The highest BCUT2D eigenvalue weighted by molar-refractivity contribution is 5.55. The molecule has 0 atom stereocenters. The number of pyridine rings is 1. The van der Waals surface area contributed by atoms with Crippen LogP contribution in [0.2, 0.25) is 0 Å². The number of benzene rings is 1. The van der Waals surface area contributed by atoms with Crippen molar-refractivity contribution in [3.63, 3.8) is 0 Å². The third kappa shape index (κ3) is 3.75. The first-order valence-corrected chi connectivity index (χ1v) is 7.81. The van der Waals surface area contributed by atoms with Crippen molar-refractivity contribution in [2.24, 2.45) is 0 Å². The summed E-state index contributed by atoms with van der Waals surface area (Å²) in [5, 5.41) is 3.46. The smallest absolute Gasteiger partial charge is 0.0416 e. The Hall–Kier alpha value is -2.03. The van der Waals surface area contributed by atoms with E-state index in [4.69, 9.17) is 0 Å². The summed E-state index contributed by atoms with van der Waals surface area (Å²) in [6.07, 6.45) is 7.82. The number of anilines is 2. The molecule has 2 aromatic rings. The van der Waals surface area contributed by atoms with Crippen molar-refractivity contribution in [2.75, 3.05) is 23.3 Å². The molecule has 2 heterocycles. The highest BCUT2D eigenvalue weighted by Gasteiger charge is 2.10. The molecule has 0 saturated carbocycles. The number of hydrogen-bond donors (Lipinski definition) is 1. The molecule has 0 spiro atoms. The molecule has 0 aliphatic carbocycles. The van der Waals surface area contributed by atoms with Crippen LogP contribution >= 0.6 is 0 Å². The quantitative estimate of drug-likeness (QED) is 0.918. The lowest BCUT2D eigenvalue weighted by atomic mass is 10.1. The first kappa shape index (κ1) is 13.9. The molecule has 1 aromatic heterocycles. The second-order valence-electron chi connectivity index (χ2n) is 5.82. The monoisotopic (exact) mass is 281 g/mol. The van der Waals surface area contributed by atoms with Crippen LogP contribution in [0.15, 0.2) is 42.7 Å². The Morgan fingerprint density at radius 1 is 1.05 bits per heavy atom. The van der Waals surface area contributed by atoms with Crippen LogP contribution in [0.5, 0.6) is 0 Å². The summed E-state index contributed by atoms with van der Waals surface area (Å²) in [6, 6.07) is 11.0. The molecule has 21 heavy (non-hydrogen) atoms. The maximum atomic E-state index is 4.23. The molecule has 3 heteroatoms. The summed E-state index contributed by atoms with van der Waals surface area (Å²) in [5.74, 6) is 0. The van der Waals surface area contributed by atoms with Gasteiger partial charge in [-0.1, -0.05) is 6.07 Å². The Kier molecular flexibility index (Phi) is 4.39. The fourth-order valence-corrected chi connectivity index (χ4v) is 2.86. The van der Waals surface area contributed by atoms with Gasteiger partial charge in [-0.3, -0.25) is 4.98 Å². The zero-order valence-corrected chi connectivity index (χ0v) is 12.7. The van der Waals surface area contributed by atoms with E-state index in [9.17, 15) is 0 Å². The van der Waals surface area contributed by atoms with E-state index >= 15 is 0 Å². The predicted octanol–water partition coefficient (Wildman–Crippen LogP) is 3.99. The molecule has 3 rings (SSSR count). The molecule has 1 N–H and O–H groups in total. The number of aryl methyl sites for hydroxylation is 1. The number of aromatic nitrogens is 1.